The highest BCUT2D eigenvalue weighted by molar-refractivity contribution is 6.30. The van der Waals surface area contributed by atoms with Crippen LogP contribution in [0.3, 0.4) is 0 Å². The second kappa shape index (κ2) is 3.35. The lowest BCUT2D eigenvalue weighted by Gasteiger charge is -2.04. The Morgan fingerprint density at radius 3 is 2.00 bits per heavy atom. The minimum absolute atomic E-state index is 0.104. The molecule has 1 radical (unpaired) electrons. The molecule has 0 N–H and O–H groups in total. The summed E-state index contributed by atoms with van der Waals surface area (Å²) in [6.45, 7) is 0. The molecule has 1 rings (SSSR count). The van der Waals surface area contributed by atoms with E-state index in [9.17, 15) is 13.2 Å². The van der Waals surface area contributed by atoms with Gasteiger partial charge in [-0.3, -0.25) is 0 Å². The zero-order valence-corrected chi connectivity index (χ0v) is 6.65. The quantitative estimate of drug-likeness (QED) is 0.641. The van der Waals surface area contributed by atoms with Crippen LogP contribution < -0.4 is 0 Å². The molecule has 12 heavy (non-hydrogen) atoms. The maximum absolute atomic E-state index is 11.8. The van der Waals surface area contributed by atoms with Gasteiger partial charge in [-0.1, -0.05) is 23.7 Å². The van der Waals surface area contributed by atoms with E-state index in [1.807, 2.05) is 0 Å². The van der Waals surface area contributed by atoms with Crippen LogP contribution in [0.15, 0.2) is 24.3 Å². The van der Waals surface area contributed by atoms with E-state index in [0.717, 1.165) is 0 Å². The minimum atomic E-state index is -4.27. The summed E-state index contributed by atoms with van der Waals surface area (Å²) >= 11 is 5.49. The van der Waals surface area contributed by atoms with Crippen molar-refractivity contribution in [3.05, 3.63) is 41.3 Å². The Morgan fingerprint density at radius 2 is 1.58 bits per heavy atom. The fourth-order valence-corrected chi connectivity index (χ4v) is 0.874. The van der Waals surface area contributed by atoms with E-state index in [4.69, 9.17) is 11.6 Å². The number of hydrogen-bond acceptors (Lipinski definition) is 0. The molecule has 0 saturated carbocycles. The SMILES string of the molecule is FC(F)(F)[CH]c1ccc(Cl)cc1. The summed E-state index contributed by atoms with van der Waals surface area (Å²) in [6, 6.07) is 5.46. The highest BCUT2D eigenvalue weighted by Gasteiger charge is 2.27. The van der Waals surface area contributed by atoms with Crippen LogP contribution in [0.4, 0.5) is 13.2 Å². The van der Waals surface area contributed by atoms with Crippen molar-refractivity contribution in [3.8, 4) is 0 Å². The normalized spacial score (nSPS) is 11.7. The van der Waals surface area contributed by atoms with Crippen LogP contribution in [-0.2, 0) is 0 Å². The minimum Gasteiger partial charge on any atom is -0.170 e. The molecule has 0 aromatic heterocycles. The lowest BCUT2D eigenvalue weighted by molar-refractivity contribution is -0.0927. The van der Waals surface area contributed by atoms with Crippen LogP contribution in [0.1, 0.15) is 5.56 Å². The predicted octanol–water partition coefficient (Wildman–Crippen LogP) is 3.45. The molecule has 1 aromatic carbocycles. The molecule has 0 fully saturated rings. The van der Waals surface area contributed by atoms with Gasteiger partial charge in [-0.2, -0.15) is 13.2 Å². The Kier molecular flexibility index (Phi) is 2.62. The Balaban J connectivity index is 2.71. The van der Waals surface area contributed by atoms with Gasteiger partial charge in [-0.05, 0) is 17.7 Å². The maximum Gasteiger partial charge on any atom is 0.396 e. The summed E-state index contributed by atoms with van der Waals surface area (Å²) in [5.41, 5.74) is 0.104. The van der Waals surface area contributed by atoms with Gasteiger partial charge in [0.15, 0.2) is 0 Å². The molecular weight excluding hydrogens is 189 g/mol. The summed E-state index contributed by atoms with van der Waals surface area (Å²) in [7, 11) is 0. The molecule has 0 aliphatic heterocycles. The van der Waals surface area contributed by atoms with Crippen LogP contribution in [0.5, 0.6) is 0 Å². The fourth-order valence-electron chi connectivity index (χ4n) is 0.748. The van der Waals surface area contributed by atoms with Crippen molar-refractivity contribution in [3.63, 3.8) is 0 Å². The first-order valence-electron chi connectivity index (χ1n) is 3.15. The van der Waals surface area contributed by atoms with Gasteiger partial charge in [-0.15, -0.1) is 0 Å². The van der Waals surface area contributed by atoms with Gasteiger partial charge in [0.2, 0.25) is 0 Å². The first kappa shape index (κ1) is 9.39. The average Bonchev–Trinajstić information content (AvgIpc) is 1.91. The molecule has 0 unspecified atom stereocenters. The Labute approximate surface area is 73.0 Å². The van der Waals surface area contributed by atoms with Crippen molar-refractivity contribution in [2.75, 3.05) is 0 Å². The van der Waals surface area contributed by atoms with Gasteiger partial charge >= 0.3 is 6.18 Å². The molecule has 0 atom stereocenters. The molecular formula is C8H5ClF3. The van der Waals surface area contributed by atoms with Crippen LogP contribution in [0, 0.1) is 6.42 Å². The number of benzene rings is 1. The second-order valence-corrected chi connectivity index (χ2v) is 2.67. The van der Waals surface area contributed by atoms with Gasteiger partial charge in [0, 0.05) is 5.02 Å². The van der Waals surface area contributed by atoms with E-state index in [2.05, 4.69) is 0 Å². The summed E-state index contributed by atoms with van der Waals surface area (Å²) in [4.78, 5) is 0. The third-order valence-electron chi connectivity index (χ3n) is 1.20. The van der Waals surface area contributed by atoms with Crippen molar-refractivity contribution in [2.24, 2.45) is 0 Å². The average molecular weight is 194 g/mol. The first-order valence-corrected chi connectivity index (χ1v) is 3.53. The second-order valence-electron chi connectivity index (χ2n) is 2.24. The van der Waals surface area contributed by atoms with Gasteiger partial charge in [0.1, 0.15) is 0 Å². The largest absolute Gasteiger partial charge is 0.396 e. The van der Waals surface area contributed by atoms with Crippen LogP contribution >= 0.6 is 11.6 Å². The van der Waals surface area contributed by atoms with Gasteiger partial charge < -0.3 is 0 Å². The van der Waals surface area contributed by atoms with Crippen molar-refractivity contribution in [1.82, 2.24) is 0 Å². The molecule has 0 amide bonds. The fraction of sp³-hybridized carbons (Fsp3) is 0.125. The maximum atomic E-state index is 11.8. The van der Waals surface area contributed by atoms with E-state index in [-0.39, 0.29) is 12.0 Å². The van der Waals surface area contributed by atoms with Crippen molar-refractivity contribution in [2.45, 2.75) is 6.18 Å². The van der Waals surface area contributed by atoms with E-state index in [1.54, 1.807) is 0 Å². The molecule has 0 aliphatic rings. The summed E-state index contributed by atoms with van der Waals surface area (Å²) in [6.07, 6.45) is -4.04. The first-order chi connectivity index (χ1) is 5.47. The Morgan fingerprint density at radius 1 is 1.08 bits per heavy atom. The molecule has 4 heteroatoms. The Hall–Kier alpha value is -0.700. The lowest BCUT2D eigenvalue weighted by Crippen LogP contribution is -2.08. The van der Waals surface area contributed by atoms with Gasteiger partial charge in [-0.25, -0.2) is 0 Å². The molecule has 0 saturated heterocycles. The highest BCUT2D eigenvalue weighted by Crippen LogP contribution is 2.23. The molecule has 0 spiro atoms. The van der Waals surface area contributed by atoms with Crippen LogP contribution in [0.2, 0.25) is 5.02 Å². The molecule has 0 bridgehead atoms. The highest BCUT2D eigenvalue weighted by atomic mass is 35.5. The van der Waals surface area contributed by atoms with Gasteiger partial charge in [0.25, 0.3) is 0 Å². The zero-order valence-electron chi connectivity index (χ0n) is 5.90. The van der Waals surface area contributed by atoms with E-state index < -0.39 is 6.18 Å². The van der Waals surface area contributed by atoms with Crippen molar-refractivity contribution >= 4 is 11.6 Å². The van der Waals surface area contributed by atoms with E-state index in [1.165, 1.54) is 24.3 Å². The van der Waals surface area contributed by atoms with E-state index >= 15 is 0 Å². The third-order valence-corrected chi connectivity index (χ3v) is 1.45. The molecule has 65 valence electrons. The van der Waals surface area contributed by atoms with Crippen LogP contribution in [-0.4, -0.2) is 6.18 Å². The van der Waals surface area contributed by atoms with E-state index in [0.29, 0.717) is 5.02 Å². The number of halogens is 4. The number of rotatable bonds is 1. The predicted molar refractivity (Wildman–Crippen MR) is 40.9 cm³/mol. The standard InChI is InChI=1S/C8H5ClF3/c9-7-3-1-6(2-4-7)5-8(10,11)12/h1-5H. The molecule has 0 heterocycles. The smallest absolute Gasteiger partial charge is 0.170 e. The monoisotopic (exact) mass is 193 g/mol. The summed E-state index contributed by atoms with van der Waals surface area (Å²) < 4.78 is 35.3. The van der Waals surface area contributed by atoms with Crippen LogP contribution in [0.25, 0.3) is 0 Å². The Bertz CT molecular complexity index is 250. The third kappa shape index (κ3) is 3.13. The van der Waals surface area contributed by atoms with Crippen molar-refractivity contribution < 1.29 is 13.2 Å². The summed E-state index contributed by atoms with van der Waals surface area (Å²) in [5, 5.41) is 0.425. The number of hydrogen-bond donors (Lipinski definition) is 0. The molecule has 0 aliphatic carbocycles. The lowest BCUT2D eigenvalue weighted by atomic mass is 10.1. The topological polar surface area (TPSA) is 0 Å². The van der Waals surface area contributed by atoms with Crippen molar-refractivity contribution in [1.29, 1.82) is 0 Å². The molecule has 1 aromatic rings. The number of alkyl halides is 3. The van der Waals surface area contributed by atoms with Gasteiger partial charge in [0.05, 0.1) is 6.42 Å². The summed E-state index contributed by atoms with van der Waals surface area (Å²) in [5.74, 6) is 0. The molecule has 0 nitrogen and oxygen atoms in total. The zero-order chi connectivity index (χ0) is 9.19.